The number of nitrogens with zero attached hydrogens (tertiary/aromatic N) is 1. The second-order valence-electron chi connectivity index (χ2n) is 6.22. The van der Waals surface area contributed by atoms with E-state index < -0.39 is 0 Å². The number of hydrogen-bond acceptors (Lipinski definition) is 4. The van der Waals surface area contributed by atoms with Crippen LogP contribution in [0.4, 0.5) is 0 Å². The molecule has 114 valence electrons. The number of carbonyl (C=O) groups excluding carboxylic acids is 2. The number of thioether (sulfide) groups is 1. The van der Waals surface area contributed by atoms with E-state index >= 15 is 0 Å². The highest BCUT2D eigenvalue weighted by Crippen LogP contribution is 2.33. The largest absolute Gasteiger partial charge is 0.356 e. The van der Waals surface area contributed by atoms with Crippen molar-refractivity contribution in [3.63, 3.8) is 0 Å². The lowest BCUT2D eigenvalue weighted by molar-refractivity contribution is -0.125. The third-order valence-electron chi connectivity index (χ3n) is 3.92. The molecule has 2 heterocycles. The Bertz CT molecular complexity index is 543. The molecule has 1 amide bonds. The van der Waals surface area contributed by atoms with E-state index in [0.29, 0.717) is 13.0 Å². The molecule has 1 aliphatic rings. The van der Waals surface area contributed by atoms with Crippen LogP contribution in [0.5, 0.6) is 0 Å². The van der Waals surface area contributed by atoms with Gasteiger partial charge in [0.2, 0.25) is 5.91 Å². The normalized spacial score (nSPS) is 18.2. The monoisotopic (exact) mass is 306 g/mol. The maximum absolute atomic E-state index is 12.1. The molecule has 1 aromatic rings. The van der Waals surface area contributed by atoms with Crippen molar-refractivity contribution in [3.05, 3.63) is 23.9 Å². The first kappa shape index (κ1) is 16.0. The number of nitrogens with one attached hydrogen (secondary N) is 1. The van der Waals surface area contributed by atoms with Crippen molar-refractivity contribution in [2.45, 2.75) is 50.3 Å². The van der Waals surface area contributed by atoms with Crippen LogP contribution in [-0.4, -0.2) is 28.5 Å². The Morgan fingerprint density at radius 2 is 2.29 bits per heavy atom. The molecular formula is C16H22N2O2S. The van der Waals surface area contributed by atoms with E-state index in [1.165, 1.54) is 11.8 Å². The van der Waals surface area contributed by atoms with Gasteiger partial charge in [-0.3, -0.25) is 9.59 Å². The Kier molecular flexibility index (Phi) is 5.04. The Balaban J connectivity index is 1.92. The molecule has 1 aromatic heterocycles. The summed E-state index contributed by atoms with van der Waals surface area (Å²) in [6.07, 6.45) is 3.35. The third-order valence-corrected chi connectivity index (χ3v) is 5.22. The summed E-state index contributed by atoms with van der Waals surface area (Å²) in [4.78, 5) is 28.4. The fourth-order valence-electron chi connectivity index (χ4n) is 2.03. The van der Waals surface area contributed by atoms with Gasteiger partial charge in [-0.1, -0.05) is 38.6 Å². The molecule has 2 rings (SSSR count). The zero-order valence-corrected chi connectivity index (χ0v) is 13.6. The number of fused-ring (bicyclic) bond motifs is 1. The molecule has 0 saturated heterocycles. The molecule has 1 unspecified atom stereocenters. The first-order valence-corrected chi connectivity index (χ1v) is 8.19. The van der Waals surface area contributed by atoms with Crippen LogP contribution in [0, 0.1) is 5.41 Å². The molecule has 21 heavy (non-hydrogen) atoms. The Morgan fingerprint density at radius 3 is 3.00 bits per heavy atom. The molecule has 1 atom stereocenters. The maximum atomic E-state index is 12.1. The summed E-state index contributed by atoms with van der Waals surface area (Å²) in [6, 6.07) is 3.76. The average molecular weight is 306 g/mol. The van der Waals surface area contributed by atoms with Gasteiger partial charge in [-0.25, -0.2) is 4.98 Å². The SMILES string of the molecule is CCC(C)(C)CNC(=O)CC1Sc2ncccc2CC1=O. The van der Waals surface area contributed by atoms with Gasteiger partial charge in [-0.2, -0.15) is 0 Å². The Hall–Kier alpha value is -1.36. The Morgan fingerprint density at radius 1 is 1.52 bits per heavy atom. The molecule has 0 bridgehead atoms. The van der Waals surface area contributed by atoms with Crippen molar-refractivity contribution in [1.29, 1.82) is 0 Å². The Labute approximate surface area is 130 Å². The number of hydrogen-bond donors (Lipinski definition) is 1. The zero-order valence-electron chi connectivity index (χ0n) is 12.8. The van der Waals surface area contributed by atoms with Crippen molar-refractivity contribution in [1.82, 2.24) is 10.3 Å². The summed E-state index contributed by atoms with van der Waals surface area (Å²) >= 11 is 1.41. The molecule has 0 aliphatic carbocycles. The van der Waals surface area contributed by atoms with Crippen LogP contribution in [0.25, 0.3) is 0 Å². The second-order valence-corrected chi connectivity index (χ2v) is 7.41. The van der Waals surface area contributed by atoms with Crippen molar-refractivity contribution < 1.29 is 9.59 Å². The second kappa shape index (κ2) is 6.60. The summed E-state index contributed by atoms with van der Waals surface area (Å²) in [6.45, 7) is 6.99. The van der Waals surface area contributed by atoms with Crippen molar-refractivity contribution in [3.8, 4) is 0 Å². The first-order chi connectivity index (χ1) is 9.91. The average Bonchev–Trinajstić information content (AvgIpc) is 2.46. The van der Waals surface area contributed by atoms with Crippen LogP contribution in [0.1, 0.15) is 39.2 Å². The standard InChI is InChI=1S/C16H22N2O2S/c1-4-16(2,3)10-18-14(20)9-13-12(19)8-11-6-5-7-17-15(11)21-13/h5-7,13H,4,8-10H2,1-3H3,(H,18,20). The molecule has 0 saturated carbocycles. The number of Topliss-reactive ketones (excluding diaryl/α,β-unsaturated/α-hetero) is 1. The summed E-state index contributed by atoms with van der Waals surface area (Å²) in [7, 11) is 0. The minimum Gasteiger partial charge on any atom is -0.356 e. The minimum absolute atomic E-state index is 0.0539. The quantitative estimate of drug-likeness (QED) is 0.908. The van der Waals surface area contributed by atoms with E-state index in [9.17, 15) is 9.59 Å². The molecular weight excluding hydrogens is 284 g/mol. The number of amides is 1. The van der Waals surface area contributed by atoms with Crippen molar-refractivity contribution in [2.24, 2.45) is 5.41 Å². The van der Waals surface area contributed by atoms with Crippen molar-refractivity contribution >= 4 is 23.5 Å². The number of ketones is 1. The van der Waals surface area contributed by atoms with Crippen LogP contribution in [-0.2, 0) is 16.0 Å². The summed E-state index contributed by atoms with van der Waals surface area (Å²) in [5, 5.41) is 3.51. The molecule has 0 fully saturated rings. The van der Waals surface area contributed by atoms with Crippen molar-refractivity contribution in [2.75, 3.05) is 6.54 Å². The number of carbonyl (C=O) groups is 2. The predicted molar refractivity (Wildman–Crippen MR) is 84.3 cm³/mol. The van der Waals surface area contributed by atoms with Gasteiger partial charge >= 0.3 is 0 Å². The lowest BCUT2D eigenvalue weighted by Gasteiger charge is -2.24. The van der Waals surface area contributed by atoms with Gasteiger partial charge in [-0.15, -0.1) is 0 Å². The zero-order chi connectivity index (χ0) is 15.5. The summed E-state index contributed by atoms with van der Waals surface area (Å²) in [5.74, 6) is 0.0622. The van der Waals surface area contributed by atoms with Gasteiger partial charge in [0.1, 0.15) is 5.03 Å². The summed E-state index contributed by atoms with van der Waals surface area (Å²) < 4.78 is 0. The number of pyridine rings is 1. The van der Waals surface area contributed by atoms with Gasteiger partial charge in [-0.05, 0) is 23.5 Å². The van der Waals surface area contributed by atoms with Gasteiger partial charge in [0.15, 0.2) is 5.78 Å². The van der Waals surface area contributed by atoms with Gasteiger partial charge in [0, 0.05) is 25.6 Å². The lowest BCUT2D eigenvalue weighted by atomic mass is 9.90. The van der Waals surface area contributed by atoms with Crippen LogP contribution in [0.3, 0.4) is 0 Å². The van der Waals surface area contributed by atoms with Crippen LogP contribution >= 0.6 is 11.8 Å². The topological polar surface area (TPSA) is 59.1 Å². The van der Waals surface area contributed by atoms with Crippen LogP contribution < -0.4 is 5.32 Å². The maximum Gasteiger partial charge on any atom is 0.221 e. The highest BCUT2D eigenvalue weighted by Gasteiger charge is 2.30. The molecule has 1 N–H and O–H groups in total. The van der Waals surface area contributed by atoms with Gasteiger partial charge < -0.3 is 5.32 Å². The third kappa shape index (κ3) is 4.30. The molecule has 0 aromatic carbocycles. The molecule has 4 nitrogen and oxygen atoms in total. The number of rotatable bonds is 5. The lowest BCUT2D eigenvalue weighted by Crippen LogP contribution is -2.37. The highest BCUT2D eigenvalue weighted by atomic mass is 32.2. The van der Waals surface area contributed by atoms with E-state index in [-0.39, 0.29) is 28.8 Å². The van der Waals surface area contributed by atoms with E-state index in [2.05, 4.69) is 31.1 Å². The molecule has 5 heteroatoms. The first-order valence-electron chi connectivity index (χ1n) is 7.31. The van der Waals surface area contributed by atoms with Gasteiger partial charge in [0.25, 0.3) is 0 Å². The highest BCUT2D eigenvalue weighted by molar-refractivity contribution is 8.00. The van der Waals surface area contributed by atoms with E-state index in [1.54, 1.807) is 6.20 Å². The smallest absolute Gasteiger partial charge is 0.221 e. The van der Waals surface area contributed by atoms with E-state index in [0.717, 1.165) is 17.0 Å². The van der Waals surface area contributed by atoms with E-state index in [4.69, 9.17) is 0 Å². The number of aromatic nitrogens is 1. The van der Waals surface area contributed by atoms with Crippen LogP contribution in [0.15, 0.2) is 23.4 Å². The summed E-state index contributed by atoms with van der Waals surface area (Å²) in [5.41, 5.74) is 1.06. The predicted octanol–water partition coefficient (Wildman–Crippen LogP) is 2.61. The fraction of sp³-hybridized carbons (Fsp3) is 0.562. The van der Waals surface area contributed by atoms with E-state index in [1.807, 2.05) is 12.1 Å². The molecule has 0 spiro atoms. The van der Waals surface area contributed by atoms with Gasteiger partial charge in [0.05, 0.1) is 5.25 Å². The minimum atomic E-state index is -0.308. The molecule has 0 radical (unpaired) electrons. The van der Waals surface area contributed by atoms with Crippen LogP contribution in [0.2, 0.25) is 0 Å². The fourth-order valence-corrected chi connectivity index (χ4v) is 3.16. The molecule has 1 aliphatic heterocycles.